The molecule has 8 heteroatoms. The average Bonchev–Trinajstić information content (AvgIpc) is 2.94. The van der Waals surface area contributed by atoms with Crippen molar-refractivity contribution in [2.75, 3.05) is 26.2 Å². The Hall–Kier alpha value is -3.46. The van der Waals surface area contributed by atoms with Crippen LogP contribution in [0.2, 0.25) is 0 Å². The Labute approximate surface area is 231 Å². The highest BCUT2D eigenvalue weighted by Crippen LogP contribution is 2.22. The lowest BCUT2D eigenvalue weighted by Crippen LogP contribution is -2.62. The van der Waals surface area contributed by atoms with Crippen molar-refractivity contribution in [2.24, 2.45) is 22.2 Å². The summed E-state index contributed by atoms with van der Waals surface area (Å²) in [4.78, 5) is 22.2. The Morgan fingerprint density at radius 2 is 1.69 bits per heavy atom. The molecule has 1 aliphatic rings. The first-order chi connectivity index (χ1) is 18.8. The van der Waals surface area contributed by atoms with Crippen molar-refractivity contribution in [3.8, 4) is 0 Å². The Bertz CT molecular complexity index is 1260. The van der Waals surface area contributed by atoms with Crippen LogP contribution in [-0.2, 0) is 24.2 Å². The standard InChI is InChI=1S/C31H42N6O2/c1-22-19-37(30(39)29(32)18-23-8-10-25(21-38)11-9-23)28(7-4-15-35-31(33)34)20-36(22)16-14-24-12-13-26-5-2-3-6-27(26)17-24/h2-3,5-6,8-13,17,22,28-29,38H,4,7,14-16,18-21,32H2,1H3,(H4,33,34,35)/t22-,28+,29-/m1/s1. The van der Waals surface area contributed by atoms with E-state index in [2.05, 4.69) is 59.3 Å². The molecule has 8 nitrogen and oxygen atoms in total. The summed E-state index contributed by atoms with van der Waals surface area (Å²) in [5.41, 5.74) is 20.6. The van der Waals surface area contributed by atoms with Crippen LogP contribution in [0.25, 0.3) is 10.8 Å². The number of nitrogens with zero attached hydrogens (tertiary/aromatic N) is 3. The number of amides is 1. The monoisotopic (exact) mass is 530 g/mol. The van der Waals surface area contributed by atoms with Crippen LogP contribution in [0.5, 0.6) is 0 Å². The third kappa shape index (κ3) is 7.79. The van der Waals surface area contributed by atoms with E-state index in [4.69, 9.17) is 17.2 Å². The number of aliphatic imine (C=N–C) groups is 1. The smallest absolute Gasteiger partial charge is 0.240 e. The normalized spacial score (nSPS) is 18.7. The third-order valence-corrected chi connectivity index (χ3v) is 7.72. The second kappa shape index (κ2) is 13.6. The maximum Gasteiger partial charge on any atom is 0.240 e. The molecule has 3 aromatic carbocycles. The van der Waals surface area contributed by atoms with Gasteiger partial charge < -0.3 is 27.2 Å². The molecule has 0 saturated carbocycles. The average molecular weight is 531 g/mol. The number of aliphatic hydroxyl groups is 1. The number of aliphatic hydroxyl groups excluding tert-OH is 1. The van der Waals surface area contributed by atoms with E-state index in [-0.39, 0.29) is 30.6 Å². The van der Waals surface area contributed by atoms with Crippen LogP contribution in [0.4, 0.5) is 0 Å². The largest absolute Gasteiger partial charge is 0.392 e. The van der Waals surface area contributed by atoms with Gasteiger partial charge >= 0.3 is 0 Å². The number of benzene rings is 3. The molecule has 0 aromatic heterocycles. The topological polar surface area (TPSA) is 134 Å². The molecule has 0 radical (unpaired) electrons. The summed E-state index contributed by atoms with van der Waals surface area (Å²) in [7, 11) is 0. The van der Waals surface area contributed by atoms with Crippen molar-refractivity contribution in [3.63, 3.8) is 0 Å². The first-order valence-electron chi connectivity index (χ1n) is 13.9. The van der Waals surface area contributed by atoms with Crippen molar-refractivity contribution >= 4 is 22.6 Å². The maximum atomic E-state index is 13.6. The summed E-state index contributed by atoms with van der Waals surface area (Å²) in [5.74, 6) is 0.0700. The van der Waals surface area contributed by atoms with Crippen molar-refractivity contribution in [1.29, 1.82) is 0 Å². The van der Waals surface area contributed by atoms with E-state index in [0.717, 1.165) is 43.5 Å². The van der Waals surface area contributed by atoms with Gasteiger partial charge in [0.15, 0.2) is 5.96 Å². The van der Waals surface area contributed by atoms with Crippen LogP contribution < -0.4 is 17.2 Å². The summed E-state index contributed by atoms with van der Waals surface area (Å²) < 4.78 is 0. The zero-order valence-electron chi connectivity index (χ0n) is 22.9. The molecule has 3 aromatic rings. The Kier molecular flexibility index (Phi) is 9.92. The highest BCUT2D eigenvalue weighted by atomic mass is 16.3. The fourth-order valence-electron chi connectivity index (χ4n) is 5.46. The SMILES string of the molecule is C[C@@H]1CN(C(=O)[C@H](N)Cc2ccc(CO)cc2)[C@@H](CCCN=C(N)N)CN1CCc1ccc2ccccc2c1. The summed E-state index contributed by atoms with van der Waals surface area (Å²) in [5, 5.41) is 11.8. The summed E-state index contributed by atoms with van der Waals surface area (Å²) >= 11 is 0. The molecule has 1 amide bonds. The molecule has 1 fully saturated rings. The molecule has 1 aliphatic heterocycles. The quantitative estimate of drug-likeness (QED) is 0.171. The zero-order valence-corrected chi connectivity index (χ0v) is 22.9. The lowest BCUT2D eigenvalue weighted by molar-refractivity contribution is -0.139. The van der Waals surface area contributed by atoms with E-state index in [1.54, 1.807) is 0 Å². The number of piperazine rings is 1. The van der Waals surface area contributed by atoms with Crippen LogP contribution in [0.1, 0.15) is 36.5 Å². The molecular formula is C31H42N6O2. The predicted octanol–water partition coefficient (Wildman–Crippen LogP) is 2.40. The van der Waals surface area contributed by atoms with Gasteiger partial charge in [-0.1, -0.05) is 66.7 Å². The summed E-state index contributed by atoms with van der Waals surface area (Å²) in [6, 6.07) is 22.4. The molecule has 208 valence electrons. The molecule has 0 bridgehead atoms. The molecule has 3 atom stereocenters. The highest BCUT2D eigenvalue weighted by Gasteiger charge is 2.35. The summed E-state index contributed by atoms with van der Waals surface area (Å²) in [6.45, 7) is 5.08. The molecule has 0 unspecified atom stereocenters. The van der Waals surface area contributed by atoms with Crippen LogP contribution >= 0.6 is 0 Å². The number of rotatable bonds is 11. The number of carbonyl (C=O) groups excluding carboxylic acids is 1. The third-order valence-electron chi connectivity index (χ3n) is 7.72. The zero-order chi connectivity index (χ0) is 27.8. The Morgan fingerprint density at radius 3 is 2.41 bits per heavy atom. The van der Waals surface area contributed by atoms with E-state index in [0.29, 0.717) is 19.5 Å². The molecule has 1 saturated heterocycles. The van der Waals surface area contributed by atoms with Gasteiger partial charge in [-0.3, -0.25) is 14.7 Å². The number of carbonyl (C=O) groups is 1. The van der Waals surface area contributed by atoms with E-state index in [1.807, 2.05) is 29.2 Å². The minimum atomic E-state index is -0.624. The minimum Gasteiger partial charge on any atom is -0.392 e. The van der Waals surface area contributed by atoms with Gasteiger partial charge in [-0.25, -0.2) is 0 Å². The van der Waals surface area contributed by atoms with E-state index in [9.17, 15) is 9.90 Å². The Morgan fingerprint density at radius 1 is 1.00 bits per heavy atom. The van der Waals surface area contributed by atoms with E-state index >= 15 is 0 Å². The van der Waals surface area contributed by atoms with Gasteiger partial charge in [-0.2, -0.15) is 0 Å². The highest BCUT2D eigenvalue weighted by molar-refractivity contribution is 5.83. The first-order valence-corrected chi connectivity index (χ1v) is 13.9. The van der Waals surface area contributed by atoms with Crippen LogP contribution in [0.15, 0.2) is 71.7 Å². The van der Waals surface area contributed by atoms with Gasteiger partial charge in [0.2, 0.25) is 5.91 Å². The van der Waals surface area contributed by atoms with Crippen molar-refractivity contribution in [3.05, 3.63) is 83.4 Å². The van der Waals surface area contributed by atoms with Gasteiger partial charge in [0.1, 0.15) is 0 Å². The fraction of sp³-hybridized carbons (Fsp3) is 0.419. The number of nitrogens with two attached hydrogens (primary N) is 3. The molecule has 0 aliphatic carbocycles. The second-order valence-corrected chi connectivity index (χ2v) is 10.7. The van der Waals surface area contributed by atoms with Gasteiger partial charge in [0.25, 0.3) is 0 Å². The van der Waals surface area contributed by atoms with Gasteiger partial charge in [0.05, 0.1) is 12.6 Å². The first kappa shape index (κ1) is 28.5. The van der Waals surface area contributed by atoms with Gasteiger partial charge in [0, 0.05) is 38.3 Å². The number of fused-ring (bicyclic) bond motifs is 1. The lowest BCUT2D eigenvalue weighted by Gasteiger charge is -2.46. The number of guanidine groups is 1. The lowest BCUT2D eigenvalue weighted by atomic mass is 9.98. The second-order valence-electron chi connectivity index (χ2n) is 10.7. The van der Waals surface area contributed by atoms with Crippen molar-refractivity contribution < 1.29 is 9.90 Å². The van der Waals surface area contributed by atoms with Crippen molar-refractivity contribution in [1.82, 2.24) is 9.80 Å². The Balaban J connectivity index is 1.42. The minimum absolute atomic E-state index is 0.00414. The predicted molar refractivity (Wildman–Crippen MR) is 158 cm³/mol. The molecule has 0 spiro atoms. The molecular weight excluding hydrogens is 488 g/mol. The molecule has 1 heterocycles. The molecule has 39 heavy (non-hydrogen) atoms. The fourth-order valence-corrected chi connectivity index (χ4v) is 5.46. The number of hydrogen-bond acceptors (Lipinski definition) is 5. The van der Waals surface area contributed by atoms with Crippen LogP contribution in [0.3, 0.4) is 0 Å². The van der Waals surface area contributed by atoms with Crippen LogP contribution in [-0.4, -0.2) is 71.1 Å². The van der Waals surface area contributed by atoms with Gasteiger partial charge in [-0.15, -0.1) is 0 Å². The molecule has 4 rings (SSSR count). The maximum absolute atomic E-state index is 13.6. The summed E-state index contributed by atoms with van der Waals surface area (Å²) in [6.07, 6.45) is 3.01. The van der Waals surface area contributed by atoms with Gasteiger partial charge in [-0.05, 0) is 60.1 Å². The van der Waals surface area contributed by atoms with E-state index < -0.39 is 6.04 Å². The van der Waals surface area contributed by atoms with E-state index in [1.165, 1.54) is 16.3 Å². The van der Waals surface area contributed by atoms with Crippen LogP contribution in [0, 0.1) is 0 Å². The molecule has 7 N–H and O–H groups in total. The van der Waals surface area contributed by atoms with Crippen molar-refractivity contribution in [2.45, 2.75) is 57.3 Å². The number of hydrogen-bond donors (Lipinski definition) is 4.